The van der Waals surface area contributed by atoms with E-state index in [4.69, 9.17) is 11.6 Å². The van der Waals surface area contributed by atoms with Crippen molar-refractivity contribution in [2.24, 2.45) is 0 Å². The van der Waals surface area contributed by atoms with E-state index in [9.17, 15) is 14.9 Å². The van der Waals surface area contributed by atoms with E-state index < -0.39 is 4.92 Å². The van der Waals surface area contributed by atoms with E-state index in [0.29, 0.717) is 27.4 Å². The lowest BCUT2D eigenvalue weighted by Crippen LogP contribution is -2.11. The monoisotopic (exact) mass is 330 g/mol. The molecule has 0 heterocycles. The first-order valence-electron chi connectivity index (χ1n) is 6.96. The van der Waals surface area contributed by atoms with E-state index in [2.05, 4.69) is 11.9 Å². The third-order valence-corrected chi connectivity index (χ3v) is 3.66. The minimum Gasteiger partial charge on any atom is -0.325 e. The highest BCUT2D eigenvalue weighted by Gasteiger charge is 2.16. The summed E-state index contributed by atoms with van der Waals surface area (Å²) in [6.07, 6.45) is 0.265. The van der Waals surface area contributed by atoms with Crippen LogP contribution in [0.4, 0.5) is 11.4 Å². The maximum absolute atomic E-state index is 11.7. The summed E-state index contributed by atoms with van der Waals surface area (Å²) in [5.74, 6) is -0.237. The van der Waals surface area contributed by atoms with E-state index in [-0.39, 0.29) is 18.0 Å². The molecule has 0 aliphatic carbocycles. The smallest absolute Gasteiger partial charge is 0.271 e. The molecule has 0 radical (unpaired) electrons. The van der Waals surface area contributed by atoms with Crippen molar-refractivity contribution in [2.45, 2.75) is 13.3 Å². The number of rotatable bonds is 5. The van der Waals surface area contributed by atoms with Crippen molar-refractivity contribution in [2.75, 3.05) is 5.32 Å². The highest BCUT2D eigenvalue weighted by Crippen LogP contribution is 2.34. The third-order valence-electron chi connectivity index (χ3n) is 3.33. The summed E-state index contributed by atoms with van der Waals surface area (Å²) < 4.78 is 0. The Bertz CT molecular complexity index is 787. The Morgan fingerprint density at radius 2 is 1.96 bits per heavy atom. The van der Waals surface area contributed by atoms with Gasteiger partial charge in [-0.05, 0) is 17.7 Å². The fourth-order valence-corrected chi connectivity index (χ4v) is 2.35. The molecule has 0 aliphatic heterocycles. The van der Waals surface area contributed by atoms with Gasteiger partial charge in [0.2, 0.25) is 5.91 Å². The summed E-state index contributed by atoms with van der Waals surface area (Å²) in [4.78, 5) is 22.2. The van der Waals surface area contributed by atoms with Crippen LogP contribution in [0.1, 0.15) is 24.5 Å². The quantitative estimate of drug-likeness (QED) is 0.640. The minimum atomic E-state index is -0.510. The number of nitro benzene ring substituents is 1. The zero-order valence-electron chi connectivity index (χ0n) is 12.5. The van der Waals surface area contributed by atoms with Gasteiger partial charge in [-0.2, -0.15) is 0 Å². The van der Waals surface area contributed by atoms with Gasteiger partial charge in [0.05, 0.1) is 10.6 Å². The van der Waals surface area contributed by atoms with Gasteiger partial charge < -0.3 is 5.32 Å². The molecule has 0 atom stereocenters. The molecule has 0 aromatic heterocycles. The molecule has 0 saturated carbocycles. The fraction of sp³-hybridized carbons (Fsp3) is 0.118. The second-order valence-corrected chi connectivity index (χ2v) is 5.25. The van der Waals surface area contributed by atoms with E-state index in [1.165, 1.54) is 12.1 Å². The molecule has 0 bridgehead atoms. The normalized spacial score (nSPS) is 10.2. The predicted octanol–water partition coefficient (Wildman–Crippen LogP) is 4.66. The zero-order valence-corrected chi connectivity index (χ0v) is 13.3. The second kappa shape index (κ2) is 7.07. The van der Waals surface area contributed by atoms with Crippen LogP contribution in [0, 0.1) is 10.1 Å². The van der Waals surface area contributed by atoms with Gasteiger partial charge in [-0.1, -0.05) is 43.3 Å². The van der Waals surface area contributed by atoms with Gasteiger partial charge in [0.1, 0.15) is 0 Å². The molecule has 2 aromatic rings. The molecule has 0 spiro atoms. The standard InChI is InChI=1S/C17H15ClN2O3/c1-3-17(21)19-16-10-12(20(22)23)8-9-14(16)11(2)13-6-4-5-7-15(13)18/h4-10H,2-3H2,1H3,(H,19,21). The maximum Gasteiger partial charge on any atom is 0.271 e. The highest BCUT2D eigenvalue weighted by molar-refractivity contribution is 6.32. The van der Waals surface area contributed by atoms with Gasteiger partial charge in [-0.15, -0.1) is 0 Å². The molecular formula is C17H15ClN2O3. The first-order chi connectivity index (χ1) is 10.9. The van der Waals surface area contributed by atoms with Crippen LogP contribution >= 0.6 is 11.6 Å². The first kappa shape index (κ1) is 16.7. The number of amides is 1. The molecule has 0 aliphatic rings. The first-order valence-corrected chi connectivity index (χ1v) is 7.34. The second-order valence-electron chi connectivity index (χ2n) is 4.85. The van der Waals surface area contributed by atoms with Crippen LogP contribution in [0.15, 0.2) is 49.0 Å². The summed E-state index contributed by atoms with van der Waals surface area (Å²) in [5.41, 5.74) is 2.11. The number of nitro groups is 1. The number of anilines is 1. The van der Waals surface area contributed by atoms with Crippen LogP contribution in [-0.2, 0) is 4.79 Å². The van der Waals surface area contributed by atoms with Crippen molar-refractivity contribution in [1.29, 1.82) is 0 Å². The van der Waals surface area contributed by atoms with E-state index in [1.807, 2.05) is 6.07 Å². The number of nitrogens with one attached hydrogen (secondary N) is 1. The average Bonchev–Trinajstić information content (AvgIpc) is 2.54. The molecule has 0 unspecified atom stereocenters. The summed E-state index contributed by atoms with van der Waals surface area (Å²) in [5, 5.41) is 14.2. The van der Waals surface area contributed by atoms with E-state index in [0.717, 1.165) is 0 Å². The Kier molecular flexibility index (Phi) is 5.13. The lowest BCUT2D eigenvalue weighted by atomic mass is 9.97. The van der Waals surface area contributed by atoms with Crippen molar-refractivity contribution in [3.63, 3.8) is 0 Å². The van der Waals surface area contributed by atoms with Crippen LogP contribution in [0.25, 0.3) is 5.57 Å². The molecule has 5 nitrogen and oxygen atoms in total. The van der Waals surface area contributed by atoms with Crippen LogP contribution in [0.2, 0.25) is 5.02 Å². The summed E-state index contributed by atoms with van der Waals surface area (Å²) in [6, 6.07) is 11.4. The largest absolute Gasteiger partial charge is 0.325 e. The lowest BCUT2D eigenvalue weighted by molar-refractivity contribution is -0.384. The van der Waals surface area contributed by atoms with Crippen LogP contribution < -0.4 is 5.32 Å². The van der Waals surface area contributed by atoms with Crippen molar-refractivity contribution < 1.29 is 9.72 Å². The lowest BCUT2D eigenvalue weighted by Gasteiger charge is -2.14. The Labute approximate surface area is 138 Å². The van der Waals surface area contributed by atoms with Crippen molar-refractivity contribution in [1.82, 2.24) is 0 Å². The van der Waals surface area contributed by atoms with Gasteiger partial charge in [0.15, 0.2) is 0 Å². The van der Waals surface area contributed by atoms with Crippen LogP contribution in [0.5, 0.6) is 0 Å². The van der Waals surface area contributed by atoms with Crippen molar-refractivity contribution in [3.05, 3.63) is 75.3 Å². The SMILES string of the molecule is C=C(c1ccccc1Cl)c1ccc([N+](=O)[O-])cc1NC(=O)CC. The van der Waals surface area contributed by atoms with Crippen LogP contribution in [0.3, 0.4) is 0 Å². The van der Waals surface area contributed by atoms with Crippen LogP contribution in [-0.4, -0.2) is 10.8 Å². The zero-order chi connectivity index (χ0) is 17.0. The number of non-ortho nitro benzene ring substituents is 1. The van der Waals surface area contributed by atoms with Gasteiger partial charge in [-0.3, -0.25) is 14.9 Å². The molecule has 118 valence electrons. The Morgan fingerprint density at radius 1 is 1.26 bits per heavy atom. The van der Waals surface area contributed by atoms with Crippen molar-refractivity contribution >= 4 is 34.5 Å². The number of benzene rings is 2. The Morgan fingerprint density at radius 3 is 2.57 bits per heavy atom. The number of hydrogen-bond acceptors (Lipinski definition) is 3. The molecule has 2 rings (SSSR count). The number of carbonyl (C=O) groups excluding carboxylic acids is 1. The molecule has 1 N–H and O–H groups in total. The average molecular weight is 331 g/mol. The summed E-state index contributed by atoms with van der Waals surface area (Å²) >= 11 is 6.18. The molecule has 0 fully saturated rings. The molecular weight excluding hydrogens is 316 g/mol. The number of nitrogens with zero attached hydrogens (tertiary/aromatic N) is 1. The summed E-state index contributed by atoms with van der Waals surface area (Å²) in [6.45, 7) is 5.72. The van der Waals surface area contributed by atoms with E-state index in [1.54, 1.807) is 31.2 Å². The van der Waals surface area contributed by atoms with Gasteiger partial charge in [0, 0.05) is 34.7 Å². The minimum absolute atomic E-state index is 0.105. The topological polar surface area (TPSA) is 72.2 Å². The van der Waals surface area contributed by atoms with Gasteiger partial charge in [-0.25, -0.2) is 0 Å². The maximum atomic E-state index is 11.7. The Hall–Kier alpha value is -2.66. The molecule has 23 heavy (non-hydrogen) atoms. The predicted molar refractivity (Wildman–Crippen MR) is 91.6 cm³/mol. The number of hydrogen-bond donors (Lipinski definition) is 1. The number of carbonyl (C=O) groups is 1. The third kappa shape index (κ3) is 3.76. The highest BCUT2D eigenvalue weighted by atomic mass is 35.5. The van der Waals surface area contributed by atoms with E-state index >= 15 is 0 Å². The van der Waals surface area contributed by atoms with Crippen molar-refractivity contribution in [3.8, 4) is 0 Å². The molecule has 2 aromatic carbocycles. The molecule has 0 saturated heterocycles. The number of halogens is 1. The summed E-state index contributed by atoms with van der Waals surface area (Å²) in [7, 11) is 0. The van der Waals surface area contributed by atoms with Gasteiger partial charge in [0.25, 0.3) is 5.69 Å². The molecule has 1 amide bonds. The van der Waals surface area contributed by atoms with Gasteiger partial charge >= 0.3 is 0 Å². The fourth-order valence-electron chi connectivity index (χ4n) is 2.10. The molecule has 6 heteroatoms. The Balaban J connectivity index is 2.52.